The predicted molar refractivity (Wildman–Crippen MR) is 130 cm³/mol. The van der Waals surface area contributed by atoms with Crippen molar-refractivity contribution in [2.75, 3.05) is 19.0 Å². The van der Waals surface area contributed by atoms with Crippen molar-refractivity contribution in [2.24, 2.45) is 7.05 Å². The van der Waals surface area contributed by atoms with Crippen molar-refractivity contribution in [1.82, 2.24) is 4.57 Å². The molecule has 4 heteroatoms. The molecular weight excluding hydrogens is 365 g/mol. The van der Waals surface area contributed by atoms with Crippen LogP contribution in [0.3, 0.4) is 0 Å². The maximum absolute atomic E-state index is 2.33. The van der Waals surface area contributed by atoms with Gasteiger partial charge in [-0.2, -0.15) is 0 Å². The Morgan fingerprint density at radius 2 is 1.57 bits per heavy atom. The van der Waals surface area contributed by atoms with Crippen LogP contribution >= 0.6 is 0 Å². The van der Waals surface area contributed by atoms with Gasteiger partial charge in [-0.05, 0) is 59.5 Å². The fourth-order valence-electron chi connectivity index (χ4n) is 4.39. The van der Waals surface area contributed by atoms with Gasteiger partial charge in [0, 0.05) is 14.1 Å². The van der Waals surface area contributed by atoms with Crippen LogP contribution in [0.25, 0.3) is 11.4 Å². The molecule has 3 aromatic rings. The molecule has 3 nitrogen and oxygen atoms in total. The molecule has 0 aliphatic carbocycles. The third kappa shape index (κ3) is 4.19. The van der Waals surface area contributed by atoms with Crippen LogP contribution in [0.15, 0.2) is 42.7 Å². The van der Waals surface area contributed by atoms with Crippen LogP contribution in [-0.4, -0.2) is 26.1 Å². The van der Waals surface area contributed by atoms with E-state index in [-0.39, 0.29) is 0 Å². The van der Waals surface area contributed by atoms with Gasteiger partial charge in [-0.25, -0.2) is 4.57 Å². The molecule has 157 valence electrons. The van der Waals surface area contributed by atoms with E-state index in [0.717, 1.165) is 0 Å². The lowest BCUT2D eigenvalue weighted by atomic mass is 9.71. The lowest BCUT2D eigenvalue weighted by Crippen LogP contribution is -2.50. The molecule has 30 heavy (non-hydrogen) atoms. The Hall–Kier alpha value is -2.49. The number of hydrogen-bond acceptors (Lipinski definition) is 1. The SMILES string of the molecule is Cc1cc(C)c(-c2n(C)cc[n+]2[B]c2c(C(C)C)cccc2C(C)C)c(N(C)C)c1. The first kappa shape index (κ1) is 22.2. The Kier molecular flexibility index (Phi) is 6.45. The van der Waals surface area contributed by atoms with Crippen molar-refractivity contribution in [3.8, 4) is 11.4 Å². The van der Waals surface area contributed by atoms with E-state index in [1.807, 2.05) is 0 Å². The summed E-state index contributed by atoms with van der Waals surface area (Å²) >= 11 is 0. The average Bonchev–Trinajstić information content (AvgIpc) is 3.01. The number of nitrogens with zero attached hydrogens (tertiary/aromatic N) is 3. The van der Waals surface area contributed by atoms with E-state index < -0.39 is 0 Å². The first-order valence-corrected chi connectivity index (χ1v) is 10.9. The molecular formula is C26H36BN3+. The third-order valence-corrected chi connectivity index (χ3v) is 5.88. The van der Waals surface area contributed by atoms with E-state index in [9.17, 15) is 0 Å². The zero-order valence-corrected chi connectivity index (χ0v) is 20.1. The largest absolute Gasteiger partial charge is 0.437 e. The van der Waals surface area contributed by atoms with Crippen molar-refractivity contribution in [2.45, 2.75) is 53.4 Å². The third-order valence-electron chi connectivity index (χ3n) is 5.88. The van der Waals surface area contributed by atoms with Crippen molar-refractivity contribution < 1.29 is 4.48 Å². The minimum Gasteiger partial charge on any atom is -0.377 e. The summed E-state index contributed by atoms with van der Waals surface area (Å²) < 4.78 is 4.53. The highest BCUT2D eigenvalue weighted by molar-refractivity contribution is 6.46. The summed E-state index contributed by atoms with van der Waals surface area (Å²) in [6.07, 6.45) is 4.33. The number of aromatic nitrogens is 2. The van der Waals surface area contributed by atoms with Crippen LogP contribution in [-0.2, 0) is 7.05 Å². The topological polar surface area (TPSA) is 12.0 Å². The molecule has 0 bridgehead atoms. The molecule has 0 aliphatic heterocycles. The average molecular weight is 401 g/mol. The maximum atomic E-state index is 2.33. The quantitative estimate of drug-likeness (QED) is 0.545. The second-order valence-corrected chi connectivity index (χ2v) is 9.30. The van der Waals surface area contributed by atoms with Gasteiger partial charge in [0.1, 0.15) is 12.4 Å². The number of rotatable bonds is 6. The van der Waals surface area contributed by atoms with Gasteiger partial charge in [-0.1, -0.05) is 52.0 Å². The van der Waals surface area contributed by atoms with Crippen LogP contribution in [0.2, 0.25) is 0 Å². The highest BCUT2D eigenvalue weighted by Crippen LogP contribution is 2.32. The fourth-order valence-corrected chi connectivity index (χ4v) is 4.39. The molecule has 0 saturated heterocycles. The number of anilines is 1. The Bertz CT molecular complexity index is 1020. The minimum absolute atomic E-state index is 0.473. The smallest absolute Gasteiger partial charge is 0.377 e. The molecule has 0 N–H and O–H groups in total. The number of imidazole rings is 1. The fraction of sp³-hybridized carbons (Fsp3) is 0.423. The van der Waals surface area contributed by atoms with Crippen LogP contribution < -0.4 is 14.8 Å². The van der Waals surface area contributed by atoms with Crippen LogP contribution in [0.5, 0.6) is 0 Å². The Morgan fingerprint density at radius 3 is 2.10 bits per heavy atom. The van der Waals surface area contributed by atoms with E-state index >= 15 is 0 Å². The molecule has 0 saturated carbocycles. The second-order valence-electron chi connectivity index (χ2n) is 9.30. The standard InChI is InChI=1S/C26H36BN3/c1-17(2)21-11-10-12-22(18(3)4)25(21)27-30-14-13-29(9)26(30)24-20(6)15-19(5)16-23(24)28(7)8/h10-18H,1-9H3/q+1. The van der Waals surface area contributed by atoms with Gasteiger partial charge in [0.05, 0.1) is 18.3 Å². The Balaban J connectivity index is 2.22. The van der Waals surface area contributed by atoms with Crippen molar-refractivity contribution in [3.63, 3.8) is 0 Å². The van der Waals surface area contributed by atoms with E-state index in [4.69, 9.17) is 0 Å². The number of benzene rings is 2. The zero-order valence-electron chi connectivity index (χ0n) is 20.1. The minimum atomic E-state index is 0.473. The first-order valence-electron chi connectivity index (χ1n) is 10.9. The first-order chi connectivity index (χ1) is 14.1. The molecule has 0 unspecified atom stereocenters. The molecule has 0 fully saturated rings. The van der Waals surface area contributed by atoms with Gasteiger partial charge in [0.2, 0.25) is 0 Å². The Morgan fingerprint density at radius 1 is 0.967 bits per heavy atom. The van der Waals surface area contributed by atoms with Gasteiger partial charge in [-0.3, -0.25) is 4.48 Å². The molecule has 0 atom stereocenters. The lowest BCUT2D eigenvalue weighted by molar-refractivity contribution is -0.513. The van der Waals surface area contributed by atoms with E-state index in [0.29, 0.717) is 11.8 Å². The monoisotopic (exact) mass is 401 g/mol. The van der Waals surface area contributed by atoms with Gasteiger partial charge >= 0.3 is 7.41 Å². The summed E-state index contributed by atoms with van der Waals surface area (Å²) in [6.45, 7) is 13.5. The molecule has 1 heterocycles. The van der Waals surface area contributed by atoms with Crippen LogP contribution in [0, 0.1) is 13.8 Å². The summed E-state index contributed by atoms with van der Waals surface area (Å²) in [5.74, 6) is 2.15. The van der Waals surface area contributed by atoms with E-state index in [2.05, 4.69) is 127 Å². The highest BCUT2D eigenvalue weighted by Gasteiger charge is 2.27. The summed E-state index contributed by atoms with van der Waals surface area (Å²) in [6, 6.07) is 11.3. The summed E-state index contributed by atoms with van der Waals surface area (Å²) in [5.41, 5.74) is 9.26. The van der Waals surface area contributed by atoms with Gasteiger partial charge in [-0.15, -0.1) is 0 Å². The molecule has 0 spiro atoms. The second kappa shape index (κ2) is 8.71. The molecule has 1 radical (unpaired) electrons. The van der Waals surface area contributed by atoms with Gasteiger partial charge in [0.25, 0.3) is 5.82 Å². The normalized spacial score (nSPS) is 11.4. The zero-order chi connectivity index (χ0) is 22.2. The summed E-state index contributed by atoms with van der Waals surface area (Å²) in [5, 5.41) is 0. The van der Waals surface area contributed by atoms with E-state index in [1.54, 1.807) is 0 Å². The number of aryl methyl sites for hydroxylation is 3. The molecule has 0 aliphatic rings. The maximum Gasteiger partial charge on any atom is 0.437 e. The molecule has 0 amide bonds. The highest BCUT2D eigenvalue weighted by atomic mass is 15.1. The van der Waals surface area contributed by atoms with E-state index in [1.165, 1.54) is 44.8 Å². The van der Waals surface area contributed by atoms with Crippen LogP contribution in [0.1, 0.15) is 61.8 Å². The van der Waals surface area contributed by atoms with Crippen molar-refractivity contribution >= 4 is 18.6 Å². The summed E-state index contributed by atoms with van der Waals surface area (Å²) in [4.78, 5) is 2.22. The molecule has 3 rings (SSSR count). The molecule has 1 aromatic heterocycles. The lowest BCUT2D eigenvalue weighted by Gasteiger charge is -2.20. The number of hydrogen-bond donors (Lipinski definition) is 0. The van der Waals surface area contributed by atoms with Gasteiger partial charge < -0.3 is 4.90 Å². The predicted octanol–water partition coefficient (Wildman–Crippen LogP) is 4.70. The van der Waals surface area contributed by atoms with Crippen LogP contribution in [0.4, 0.5) is 5.69 Å². The summed E-state index contributed by atoms with van der Waals surface area (Å²) in [7, 11) is 8.72. The van der Waals surface area contributed by atoms with Crippen molar-refractivity contribution in [1.29, 1.82) is 0 Å². The molecule has 2 aromatic carbocycles. The van der Waals surface area contributed by atoms with Gasteiger partial charge in [0.15, 0.2) is 0 Å². The Labute approximate surface area is 183 Å². The van der Waals surface area contributed by atoms with Crippen molar-refractivity contribution in [3.05, 3.63) is 65.0 Å².